The smallest absolute Gasteiger partial charge is 0.0945 e. The van der Waals surface area contributed by atoms with Gasteiger partial charge < -0.3 is 15.6 Å². The Hall–Kier alpha value is -1.97. The summed E-state index contributed by atoms with van der Waals surface area (Å²) in [5.74, 6) is 0. The van der Waals surface area contributed by atoms with E-state index in [4.69, 9.17) is 5.73 Å². The molecule has 0 aliphatic rings. The number of nitrogens with one attached hydrogen (secondary N) is 1. The van der Waals surface area contributed by atoms with Crippen molar-refractivity contribution < 1.29 is 0 Å². The van der Waals surface area contributed by atoms with Crippen LogP contribution in [0.2, 0.25) is 0 Å². The van der Waals surface area contributed by atoms with E-state index in [1.165, 1.54) is 5.56 Å². The standard InChI is InChI=1S/C13H18N4/c1-11-4-2-5-12(14)13(11)16-6-3-8-17-9-7-15-10-17/h2,4-5,7,9-10,16H,3,6,8,14H2,1H3. The number of aryl methyl sites for hydroxylation is 2. The fraction of sp³-hybridized carbons (Fsp3) is 0.308. The number of anilines is 2. The summed E-state index contributed by atoms with van der Waals surface area (Å²) in [6.45, 7) is 3.95. The van der Waals surface area contributed by atoms with Gasteiger partial charge in [-0.2, -0.15) is 0 Å². The van der Waals surface area contributed by atoms with Crippen molar-refractivity contribution in [1.29, 1.82) is 0 Å². The first-order valence-corrected chi connectivity index (χ1v) is 5.82. The molecule has 0 atom stereocenters. The number of nitrogens with zero attached hydrogens (tertiary/aromatic N) is 2. The summed E-state index contributed by atoms with van der Waals surface area (Å²) in [7, 11) is 0. The molecule has 1 aromatic heterocycles. The highest BCUT2D eigenvalue weighted by Crippen LogP contribution is 2.22. The largest absolute Gasteiger partial charge is 0.397 e. The Kier molecular flexibility index (Phi) is 3.65. The number of benzene rings is 1. The number of nitrogens with two attached hydrogens (primary N) is 1. The summed E-state index contributed by atoms with van der Waals surface area (Å²) in [5, 5.41) is 3.38. The van der Waals surface area contributed by atoms with Gasteiger partial charge in [0.25, 0.3) is 0 Å². The molecule has 0 aliphatic carbocycles. The molecular formula is C13H18N4. The zero-order valence-electron chi connectivity index (χ0n) is 10.1. The third-order valence-electron chi connectivity index (χ3n) is 2.76. The van der Waals surface area contributed by atoms with E-state index < -0.39 is 0 Å². The molecular weight excluding hydrogens is 212 g/mol. The topological polar surface area (TPSA) is 55.9 Å². The Morgan fingerprint density at radius 3 is 3.00 bits per heavy atom. The van der Waals surface area contributed by atoms with Crippen LogP contribution in [0.25, 0.3) is 0 Å². The zero-order chi connectivity index (χ0) is 12.1. The van der Waals surface area contributed by atoms with E-state index >= 15 is 0 Å². The summed E-state index contributed by atoms with van der Waals surface area (Å²) in [6, 6.07) is 5.96. The number of aromatic nitrogens is 2. The van der Waals surface area contributed by atoms with E-state index in [0.717, 1.165) is 30.9 Å². The third kappa shape index (κ3) is 3.00. The first-order valence-electron chi connectivity index (χ1n) is 5.82. The molecule has 0 radical (unpaired) electrons. The van der Waals surface area contributed by atoms with Gasteiger partial charge in [-0.3, -0.25) is 0 Å². The molecule has 2 aromatic rings. The molecule has 3 N–H and O–H groups in total. The van der Waals surface area contributed by atoms with E-state index in [2.05, 4.69) is 27.9 Å². The van der Waals surface area contributed by atoms with Gasteiger partial charge in [-0.1, -0.05) is 12.1 Å². The minimum absolute atomic E-state index is 0.813. The molecule has 4 nitrogen and oxygen atoms in total. The SMILES string of the molecule is Cc1cccc(N)c1NCCCn1ccnc1. The molecule has 0 saturated carbocycles. The quantitative estimate of drug-likeness (QED) is 0.612. The zero-order valence-corrected chi connectivity index (χ0v) is 10.1. The molecule has 1 aromatic carbocycles. The van der Waals surface area contributed by atoms with Crippen molar-refractivity contribution in [2.45, 2.75) is 19.9 Å². The highest BCUT2D eigenvalue weighted by atomic mass is 15.0. The molecule has 0 amide bonds. The maximum absolute atomic E-state index is 5.92. The van der Waals surface area contributed by atoms with Crippen molar-refractivity contribution in [3.63, 3.8) is 0 Å². The molecule has 0 fully saturated rings. The van der Waals surface area contributed by atoms with E-state index in [0.29, 0.717) is 0 Å². The van der Waals surface area contributed by atoms with Crippen molar-refractivity contribution in [1.82, 2.24) is 9.55 Å². The molecule has 2 rings (SSSR count). The highest BCUT2D eigenvalue weighted by Gasteiger charge is 2.00. The van der Waals surface area contributed by atoms with Crippen LogP contribution in [0, 0.1) is 6.92 Å². The molecule has 1 heterocycles. The predicted octanol–water partition coefficient (Wildman–Crippen LogP) is 2.28. The Bertz CT molecular complexity index is 442. The minimum Gasteiger partial charge on any atom is -0.397 e. The van der Waals surface area contributed by atoms with Gasteiger partial charge in [0.15, 0.2) is 0 Å². The van der Waals surface area contributed by atoms with Crippen molar-refractivity contribution in [3.8, 4) is 0 Å². The lowest BCUT2D eigenvalue weighted by atomic mass is 10.1. The average molecular weight is 230 g/mol. The fourth-order valence-corrected chi connectivity index (χ4v) is 1.83. The van der Waals surface area contributed by atoms with Crippen LogP contribution in [-0.4, -0.2) is 16.1 Å². The van der Waals surface area contributed by atoms with Gasteiger partial charge in [0.05, 0.1) is 17.7 Å². The molecule has 17 heavy (non-hydrogen) atoms. The summed E-state index contributed by atoms with van der Waals surface area (Å²) in [4.78, 5) is 4.01. The first-order chi connectivity index (χ1) is 8.27. The van der Waals surface area contributed by atoms with Crippen LogP contribution in [0.15, 0.2) is 36.9 Å². The van der Waals surface area contributed by atoms with Gasteiger partial charge in [-0.25, -0.2) is 4.98 Å². The van der Waals surface area contributed by atoms with E-state index in [1.54, 1.807) is 6.20 Å². The van der Waals surface area contributed by atoms with Crippen LogP contribution >= 0.6 is 0 Å². The molecule has 0 bridgehead atoms. The minimum atomic E-state index is 0.813. The third-order valence-corrected chi connectivity index (χ3v) is 2.76. The molecule has 0 unspecified atom stereocenters. The summed E-state index contributed by atoms with van der Waals surface area (Å²) >= 11 is 0. The van der Waals surface area contributed by atoms with Crippen LogP contribution in [-0.2, 0) is 6.54 Å². The second kappa shape index (κ2) is 5.39. The van der Waals surface area contributed by atoms with Crippen molar-refractivity contribution in [2.75, 3.05) is 17.6 Å². The lowest BCUT2D eigenvalue weighted by molar-refractivity contribution is 0.661. The molecule has 0 spiro atoms. The maximum Gasteiger partial charge on any atom is 0.0945 e. The van der Waals surface area contributed by atoms with Crippen molar-refractivity contribution >= 4 is 11.4 Å². The Morgan fingerprint density at radius 1 is 1.41 bits per heavy atom. The van der Waals surface area contributed by atoms with Gasteiger partial charge in [0.2, 0.25) is 0 Å². The predicted molar refractivity (Wildman–Crippen MR) is 70.9 cm³/mol. The number of rotatable bonds is 5. The number of para-hydroxylation sites is 1. The van der Waals surface area contributed by atoms with Crippen molar-refractivity contribution in [3.05, 3.63) is 42.5 Å². The van der Waals surface area contributed by atoms with E-state index in [-0.39, 0.29) is 0 Å². The van der Waals surface area contributed by atoms with Crippen LogP contribution in [0.5, 0.6) is 0 Å². The molecule has 0 aliphatic heterocycles. The van der Waals surface area contributed by atoms with Gasteiger partial charge in [-0.05, 0) is 25.0 Å². The van der Waals surface area contributed by atoms with Crippen LogP contribution < -0.4 is 11.1 Å². The Labute approximate surface area is 101 Å². The second-order valence-corrected chi connectivity index (χ2v) is 4.12. The number of nitrogen functional groups attached to an aromatic ring is 1. The van der Waals surface area contributed by atoms with Gasteiger partial charge in [0, 0.05) is 25.5 Å². The summed E-state index contributed by atoms with van der Waals surface area (Å²) in [5.41, 5.74) is 8.97. The van der Waals surface area contributed by atoms with E-state index in [9.17, 15) is 0 Å². The fourth-order valence-electron chi connectivity index (χ4n) is 1.83. The van der Waals surface area contributed by atoms with Gasteiger partial charge in [-0.15, -0.1) is 0 Å². The number of hydrogen-bond acceptors (Lipinski definition) is 3. The molecule has 90 valence electrons. The lowest BCUT2D eigenvalue weighted by Crippen LogP contribution is -2.08. The average Bonchev–Trinajstić information content (AvgIpc) is 2.80. The second-order valence-electron chi connectivity index (χ2n) is 4.12. The summed E-state index contributed by atoms with van der Waals surface area (Å²) in [6.07, 6.45) is 6.65. The van der Waals surface area contributed by atoms with Crippen molar-refractivity contribution in [2.24, 2.45) is 0 Å². The maximum atomic E-state index is 5.92. The van der Waals surface area contributed by atoms with Gasteiger partial charge >= 0.3 is 0 Å². The van der Waals surface area contributed by atoms with Crippen LogP contribution in [0.3, 0.4) is 0 Å². The highest BCUT2D eigenvalue weighted by molar-refractivity contribution is 5.69. The van der Waals surface area contributed by atoms with Gasteiger partial charge in [0.1, 0.15) is 0 Å². The Balaban J connectivity index is 1.82. The number of imidazole rings is 1. The molecule has 4 heteroatoms. The Morgan fingerprint density at radius 2 is 2.29 bits per heavy atom. The normalized spacial score (nSPS) is 10.4. The van der Waals surface area contributed by atoms with Crippen LogP contribution in [0.1, 0.15) is 12.0 Å². The number of hydrogen-bond donors (Lipinski definition) is 2. The van der Waals surface area contributed by atoms with Crippen LogP contribution in [0.4, 0.5) is 11.4 Å². The first kappa shape index (κ1) is 11.5. The molecule has 0 saturated heterocycles. The van der Waals surface area contributed by atoms with E-state index in [1.807, 2.05) is 24.7 Å². The lowest BCUT2D eigenvalue weighted by Gasteiger charge is -2.12. The summed E-state index contributed by atoms with van der Waals surface area (Å²) < 4.78 is 2.07. The monoisotopic (exact) mass is 230 g/mol.